The molecule has 54 valence electrons. The van der Waals surface area contributed by atoms with Gasteiger partial charge < -0.3 is 5.11 Å². The van der Waals surface area contributed by atoms with Gasteiger partial charge in [0.25, 0.3) is 0 Å². The molecule has 0 atom stereocenters. The largest absolute Gasteiger partial charge is 0.339 e. The van der Waals surface area contributed by atoms with Gasteiger partial charge in [0.15, 0.2) is 6.20 Å². The van der Waals surface area contributed by atoms with E-state index in [0.29, 0.717) is 0 Å². The lowest BCUT2D eigenvalue weighted by molar-refractivity contribution is -0.491. The molecule has 0 saturated heterocycles. The first-order chi connectivity index (χ1) is 4.70. The Morgan fingerprint density at radius 2 is 2.20 bits per heavy atom. The van der Waals surface area contributed by atoms with Crippen molar-refractivity contribution in [2.45, 2.75) is 0 Å². The second-order valence-corrected chi connectivity index (χ2v) is 1.82. The van der Waals surface area contributed by atoms with Gasteiger partial charge in [0, 0.05) is 6.08 Å². The van der Waals surface area contributed by atoms with Crippen LogP contribution in [-0.4, -0.2) is 23.1 Å². The van der Waals surface area contributed by atoms with Gasteiger partial charge in [-0.3, -0.25) is 0 Å². The first-order valence-electron chi connectivity index (χ1n) is 2.88. The average Bonchev–Trinajstić information content (AvgIpc) is 1.99. The summed E-state index contributed by atoms with van der Waals surface area (Å²) in [5, 5.41) is 8.48. The summed E-state index contributed by atoms with van der Waals surface area (Å²) in [6.45, 7) is 10.5. The van der Waals surface area contributed by atoms with E-state index >= 15 is 0 Å². The number of nitrogens with zero attached hydrogens (tertiary/aromatic N) is 1. The number of aliphatic hydroxyl groups excluding tert-OH is 1. The fraction of sp³-hybridized carbons (Fsp3) is 0.125. The minimum Gasteiger partial charge on any atom is -0.339 e. The summed E-state index contributed by atoms with van der Waals surface area (Å²) in [6.07, 6.45) is 4.97. The first kappa shape index (κ1) is 8.85. The van der Waals surface area contributed by atoms with E-state index in [1.807, 2.05) is 0 Å². The molecule has 1 N–H and O–H groups in total. The van der Waals surface area contributed by atoms with Crippen molar-refractivity contribution in [3.63, 3.8) is 0 Å². The summed E-state index contributed by atoms with van der Waals surface area (Å²) in [5.41, 5.74) is 0.794. The highest BCUT2D eigenvalue weighted by Gasteiger charge is 1.86. The van der Waals surface area contributed by atoms with Crippen LogP contribution in [0.5, 0.6) is 0 Å². The summed E-state index contributed by atoms with van der Waals surface area (Å²) in [7, 11) is 0. The zero-order valence-corrected chi connectivity index (χ0v) is 5.95. The van der Waals surface area contributed by atoms with Crippen LogP contribution in [0.15, 0.2) is 37.1 Å². The van der Waals surface area contributed by atoms with Crippen molar-refractivity contribution in [2.24, 2.45) is 0 Å². The molecule has 0 rings (SSSR count). The zero-order valence-electron chi connectivity index (χ0n) is 5.95. The van der Waals surface area contributed by atoms with Crippen LogP contribution >= 0.6 is 0 Å². The lowest BCUT2D eigenvalue weighted by atomic mass is 10.3. The number of aliphatic hydroxyl groups is 1. The van der Waals surface area contributed by atoms with Gasteiger partial charge in [-0.25, -0.2) is 0 Å². The SMILES string of the molecule is C=CC(=C)/C=C\[N+](=C)CO. The zero-order chi connectivity index (χ0) is 7.98. The van der Waals surface area contributed by atoms with Crippen LogP contribution < -0.4 is 0 Å². The standard InChI is InChI=1S/C8H12NO/c1-4-8(2)5-6-9(3)7-10/h4-6,10H,1-3,7H2/q+1/b6-5-. The molecule has 0 amide bonds. The van der Waals surface area contributed by atoms with Crippen molar-refractivity contribution in [3.05, 3.63) is 37.1 Å². The molecular weight excluding hydrogens is 126 g/mol. The molecule has 2 nitrogen and oxygen atoms in total. The Morgan fingerprint density at radius 1 is 1.60 bits per heavy atom. The van der Waals surface area contributed by atoms with Crippen molar-refractivity contribution in [1.82, 2.24) is 0 Å². The summed E-state index contributed by atoms with van der Waals surface area (Å²) >= 11 is 0. The summed E-state index contributed by atoms with van der Waals surface area (Å²) in [4.78, 5) is 0. The smallest absolute Gasteiger partial charge is 0.249 e. The van der Waals surface area contributed by atoms with Crippen molar-refractivity contribution < 1.29 is 9.68 Å². The summed E-state index contributed by atoms with van der Waals surface area (Å²) in [5.74, 6) is 0. The Hall–Kier alpha value is -1.15. The van der Waals surface area contributed by atoms with Crippen LogP contribution in [0.1, 0.15) is 0 Å². The minimum atomic E-state index is -0.0963. The topological polar surface area (TPSA) is 23.2 Å². The van der Waals surface area contributed by atoms with Gasteiger partial charge in [0.2, 0.25) is 6.73 Å². The number of hydrogen-bond acceptors (Lipinski definition) is 1. The first-order valence-corrected chi connectivity index (χ1v) is 2.88. The third kappa shape index (κ3) is 3.80. The molecule has 0 aliphatic heterocycles. The fourth-order valence-electron chi connectivity index (χ4n) is 0.316. The van der Waals surface area contributed by atoms with Crippen molar-refractivity contribution >= 4 is 6.72 Å². The Morgan fingerprint density at radius 3 is 2.60 bits per heavy atom. The lowest BCUT2D eigenvalue weighted by Crippen LogP contribution is -2.00. The van der Waals surface area contributed by atoms with Crippen LogP contribution in [0, 0.1) is 0 Å². The normalized spacial score (nSPS) is 9.70. The quantitative estimate of drug-likeness (QED) is 0.265. The van der Waals surface area contributed by atoms with Crippen LogP contribution in [0.4, 0.5) is 0 Å². The third-order valence-electron chi connectivity index (χ3n) is 0.943. The molecular formula is C8H12NO+. The highest BCUT2D eigenvalue weighted by Crippen LogP contribution is 1.91. The highest BCUT2D eigenvalue weighted by atomic mass is 16.3. The number of rotatable bonds is 4. The number of hydrogen-bond donors (Lipinski definition) is 1. The molecule has 0 spiro atoms. The van der Waals surface area contributed by atoms with E-state index in [4.69, 9.17) is 5.11 Å². The van der Waals surface area contributed by atoms with Crippen LogP contribution in [0.25, 0.3) is 0 Å². The molecule has 0 aliphatic rings. The molecule has 0 aromatic rings. The van der Waals surface area contributed by atoms with E-state index in [1.54, 1.807) is 18.4 Å². The molecule has 2 heteroatoms. The summed E-state index contributed by atoms with van der Waals surface area (Å²) in [6, 6.07) is 0. The number of allylic oxidation sites excluding steroid dienone is 3. The van der Waals surface area contributed by atoms with Crippen molar-refractivity contribution in [2.75, 3.05) is 6.73 Å². The maximum atomic E-state index is 8.48. The predicted octanol–water partition coefficient (Wildman–Crippen LogP) is 0.905. The second-order valence-electron chi connectivity index (χ2n) is 1.82. The maximum absolute atomic E-state index is 8.48. The molecule has 0 saturated carbocycles. The Bertz CT molecular complexity index is 180. The monoisotopic (exact) mass is 138 g/mol. The van der Waals surface area contributed by atoms with Crippen molar-refractivity contribution in [1.29, 1.82) is 0 Å². The highest BCUT2D eigenvalue weighted by molar-refractivity contribution is 5.24. The van der Waals surface area contributed by atoms with Crippen LogP contribution in [-0.2, 0) is 0 Å². The molecule has 0 aromatic carbocycles. The van der Waals surface area contributed by atoms with Crippen LogP contribution in [0.3, 0.4) is 0 Å². The molecule has 0 heterocycles. The van der Waals surface area contributed by atoms with Gasteiger partial charge in [-0.05, 0) is 5.57 Å². The van der Waals surface area contributed by atoms with E-state index in [-0.39, 0.29) is 6.73 Å². The van der Waals surface area contributed by atoms with Gasteiger partial charge in [0.05, 0.1) is 0 Å². The van der Waals surface area contributed by atoms with Gasteiger partial charge in [-0.2, -0.15) is 4.58 Å². The maximum Gasteiger partial charge on any atom is 0.249 e. The fourth-order valence-corrected chi connectivity index (χ4v) is 0.316. The van der Waals surface area contributed by atoms with E-state index in [1.165, 1.54) is 4.58 Å². The molecule has 0 radical (unpaired) electrons. The summed E-state index contributed by atoms with van der Waals surface area (Å²) < 4.78 is 1.38. The molecule has 0 aliphatic carbocycles. The molecule has 0 unspecified atom stereocenters. The molecule has 10 heavy (non-hydrogen) atoms. The van der Waals surface area contributed by atoms with Crippen molar-refractivity contribution in [3.8, 4) is 0 Å². The molecule has 0 bridgehead atoms. The van der Waals surface area contributed by atoms with Gasteiger partial charge in [-0.1, -0.05) is 19.2 Å². The average molecular weight is 138 g/mol. The van der Waals surface area contributed by atoms with Gasteiger partial charge in [0.1, 0.15) is 6.72 Å². The Labute approximate surface area is 61.1 Å². The van der Waals surface area contributed by atoms with Gasteiger partial charge >= 0.3 is 0 Å². The lowest BCUT2D eigenvalue weighted by Gasteiger charge is -1.86. The van der Waals surface area contributed by atoms with E-state index in [9.17, 15) is 0 Å². The Kier molecular flexibility index (Phi) is 4.16. The van der Waals surface area contributed by atoms with E-state index < -0.39 is 0 Å². The molecule has 0 fully saturated rings. The third-order valence-corrected chi connectivity index (χ3v) is 0.943. The van der Waals surface area contributed by atoms with Gasteiger partial charge in [-0.15, -0.1) is 0 Å². The Balaban J connectivity index is 3.87. The predicted molar refractivity (Wildman–Crippen MR) is 42.9 cm³/mol. The minimum absolute atomic E-state index is 0.0963. The molecule has 0 aromatic heterocycles. The van der Waals surface area contributed by atoms with E-state index in [0.717, 1.165) is 5.57 Å². The second kappa shape index (κ2) is 4.70. The van der Waals surface area contributed by atoms with E-state index in [2.05, 4.69) is 19.9 Å². The van der Waals surface area contributed by atoms with Crippen LogP contribution in [0.2, 0.25) is 0 Å².